The third-order valence-electron chi connectivity index (χ3n) is 3.47. The lowest BCUT2D eigenvalue weighted by Gasteiger charge is -2.15. The van der Waals surface area contributed by atoms with Gasteiger partial charge in [0.2, 0.25) is 0 Å². The average molecular weight is 529 g/mol. The van der Waals surface area contributed by atoms with Gasteiger partial charge in [-0.3, -0.25) is 4.79 Å². The molecule has 1 aromatic carbocycles. The molecule has 0 aromatic heterocycles. The van der Waals surface area contributed by atoms with Crippen LogP contribution in [0.1, 0.15) is 39.2 Å². The Kier molecular flexibility index (Phi) is 15.0. The van der Waals surface area contributed by atoms with Gasteiger partial charge in [-0.1, -0.05) is 12.1 Å². The van der Waals surface area contributed by atoms with E-state index in [4.69, 9.17) is 9.47 Å². The van der Waals surface area contributed by atoms with Crippen molar-refractivity contribution in [2.75, 3.05) is 26.3 Å². The SMILES string of the molecule is CCNC(=NCc1cccc(OCC)c1OC(F)F)NCCCC(=O)OCC.I. The Labute approximate surface area is 187 Å². The van der Waals surface area contributed by atoms with Crippen molar-refractivity contribution in [3.63, 3.8) is 0 Å². The molecule has 166 valence electrons. The molecule has 0 unspecified atom stereocenters. The van der Waals surface area contributed by atoms with Gasteiger partial charge in [-0.15, -0.1) is 24.0 Å². The van der Waals surface area contributed by atoms with Gasteiger partial charge in [0.25, 0.3) is 0 Å². The molecule has 29 heavy (non-hydrogen) atoms. The molecule has 1 aromatic rings. The Hall–Kier alpha value is -1.85. The highest BCUT2D eigenvalue weighted by Gasteiger charge is 2.15. The van der Waals surface area contributed by atoms with E-state index in [1.165, 1.54) is 0 Å². The number of hydrogen-bond donors (Lipinski definition) is 2. The second-order valence-electron chi connectivity index (χ2n) is 5.59. The molecule has 0 saturated heterocycles. The number of ether oxygens (including phenoxy) is 3. The number of hydrogen-bond acceptors (Lipinski definition) is 5. The first-order valence-corrected chi connectivity index (χ1v) is 9.39. The maximum Gasteiger partial charge on any atom is 0.387 e. The summed E-state index contributed by atoms with van der Waals surface area (Å²) in [6.07, 6.45) is 0.895. The van der Waals surface area contributed by atoms with Crippen LogP contribution in [0.2, 0.25) is 0 Å². The number of rotatable bonds is 12. The number of carbonyl (C=O) groups excluding carboxylic acids is 1. The predicted octanol–water partition coefficient (Wildman–Crippen LogP) is 3.70. The van der Waals surface area contributed by atoms with Crippen LogP contribution >= 0.6 is 24.0 Å². The molecule has 0 aliphatic rings. The highest BCUT2D eigenvalue weighted by molar-refractivity contribution is 14.0. The second-order valence-corrected chi connectivity index (χ2v) is 5.59. The molecule has 7 nitrogen and oxygen atoms in total. The molecule has 0 heterocycles. The van der Waals surface area contributed by atoms with Gasteiger partial charge in [-0.2, -0.15) is 8.78 Å². The minimum Gasteiger partial charge on any atom is -0.490 e. The van der Waals surface area contributed by atoms with Crippen molar-refractivity contribution in [3.05, 3.63) is 23.8 Å². The van der Waals surface area contributed by atoms with Gasteiger partial charge in [0, 0.05) is 25.1 Å². The van der Waals surface area contributed by atoms with Crippen LogP contribution in [0, 0.1) is 0 Å². The summed E-state index contributed by atoms with van der Waals surface area (Å²) >= 11 is 0. The fourth-order valence-electron chi connectivity index (χ4n) is 2.36. The number of benzene rings is 1. The first-order valence-electron chi connectivity index (χ1n) is 9.39. The zero-order valence-electron chi connectivity index (χ0n) is 17.0. The summed E-state index contributed by atoms with van der Waals surface area (Å²) in [4.78, 5) is 15.8. The lowest BCUT2D eigenvalue weighted by Crippen LogP contribution is -2.37. The maximum absolute atomic E-state index is 12.8. The Bertz CT molecular complexity index is 633. The predicted molar refractivity (Wildman–Crippen MR) is 118 cm³/mol. The molecule has 0 amide bonds. The first kappa shape index (κ1) is 27.1. The standard InChI is InChI=1S/C19H29F2N3O4.HI/c1-4-22-19(23-12-8-11-16(25)27-6-3)24-13-14-9-7-10-15(26-5-2)17(14)28-18(20)21;/h7,9-10,18H,4-6,8,11-13H2,1-3H3,(H2,22,23,24);1H. The van der Waals surface area contributed by atoms with Crippen LogP contribution in [0.4, 0.5) is 8.78 Å². The van der Waals surface area contributed by atoms with Gasteiger partial charge in [-0.25, -0.2) is 4.99 Å². The summed E-state index contributed by atoms with van der Waals surface area (Å²) in [6, 6.07) is 4.94. The minimum absolute atomic E-state index is 0. The molecule has 0 fully saturated rings. The summed E-state index contributed by atoms with van der Waals surface area (Å²) in [6.45, 7) is 4.44. The van der Waals surface area contributed by atoms with Gasteiger partial charge >= 0.3 is 12.6 Å². The number of halogens is 3. The Morgan fingerprint density at radius 1 is 1.17 bits per heavy atom. The quantitative estimate of drug-likeness (QED) is 0.141. The summed E-state index contributed by atoms with van der Waals surface area (Å²) < 4.78 is 40.5. The van der Waals surface area contributed by atoms with Crippen molar-refractivity contribution in [1.29, 1.82) is 0 Å². The van der Waals surface area contributed by atoms with Gasteiger partial charge in [0.1, 0.15) is 0 Å². The lowest BCUT2D eigenvalue weighted by molar-refractivity contribution is -0.143. The van der Waals surface area contributed by atoms with Crippen LogP contribution in [-0.4, -0.2) is 44.8 Å². The van der Waals surface area contributed by atoms with Crippen LogP contribution in [0.25, 0.3) is 0 Å². The van der Waals surface area contributed by atoms with E-state index in [9.17, 15) is 13.6 Å². The molecular formula is C19H30F2IN3O4. The zero-order chi connectivity index (χ0) is 20.8. The third-order valence-corrected chi connectivity index (χ3v) is 3.47. The Morgan fingerprint density at radius 2 is 1.93 bits per heavy atom. The van der Waals surface area contributed by atoms with Crippen molar-refractivity contribution in [3.8, 4) is 11.5 Å². The van der Waals surface area contributed by atoms with Crippen molar-refractivity contribution in [2.45, 2.75) is 46.8 Å². The molecular weight excluding hydrogens is 499 g/mol. The molecule has 2 N–H and O–H groups in total. The molecule has 10 heteroatoms. The highest BCUT2D eigenvalue weighted by Crippen LogP contribution is 2.33. The topological polar surface area (TPSA) is 81.2 Å². The molecule has 0 saturated carbocycles. The molecule has 0 atom stereocenters. The van der Waals surface area contributed by atoms with Crippen LogP contribution < -0.4 is 20.1 Å². The smallest absolute Gasteiger partial charge is 0.387 e. The Morgan fingerprint density at radius 3 is 2.55 bits per heavy atom. The first-order chi connectivity index (χ1) is 13.5. The summed E-state index contributed by atoms with van der Waals surface area (Å²) in [5.41, 5.74) is 0.481. The molecule has 0 spiro atoms. The largest absolute Gasteiger partial charge is 0.490 e. The molecule has 0 aliphatic carbocycles. The van der Waals surface area contributed by atoms with E-state index in [1.54, 1.807) is 32.0 Å². The van der Waals surface area contributed by atoms with E-state index in [2.05, 4.69) is 20.4 Å². The number of esters is 1. The van der Waals surface area contributed by atoms with Crippen molar-refractivity contribution in [2.24, 2.45) is 4.99 Å². The third kappa shape index (κ3) is 11.1. The van der Waals surface area contributed by atoms with Crippen molar-refractivity contribution < 1.29 is 27.8 Å². The molecule has 0 aliphatic heterocycles. The van der Waals surface area contributed by atoms with Gasteiger partial charge < -0.3 is 24.8 Å². The summed E-state index contributed by atoms with van der Waals surface area (Å²) in [5.74, 6) is 0.507. The summed E-state index contributed by atoms with van der Waals surface area (Å²) in [5, 5.41) is 6.17. The van der Waals surface area contributed by atoms with E-state index in [1.807, 2.05) is 6.92 Å². The fraction of sp³-hybridized carbons (Fsp3) is 0.579. The molecule has 0 radical (unpaired) electrons. The van der Waals surface area contributed by atoms with Crippen molar-refractivity contribution >= 4 is 35.9 Å². The molecule has 0 bridgehead atoms. The normalized spacial score (nSPS) is 10.9. The van der Waals surface area contributed by atoms with E-state index in [0.29, 0.717) is 50.7 Å². The van der Waals surface area contributed by atoms with Crippen molar-refractivity contribution in [1.82, 2.24) is 10.6 Å². The van der Waals surface area contributed by atoms with Crippen LogP contribution in [-0.2, 0) is 16.1 Å². The number of carbonyl (C=O) groups is 1. The van der Waals surface area contributed by atoms with Crippen LogP contribution in [0.15, 0.2) is 23.2 Å². The van der Waals surface area contributed by atoms with E-state index >= 15 is 0 Å². The van der Waals surface area contributed by atoms with Gasteiger partial charge in [0.15, 0.2) is 17.5 Å². The van der Waals surface area contributed by atoms with E-state index < -0.39 is 6.61 Å². The summed E-state index contributed by atoms with van der Waals surface area (Å²) in [7, 11) is 0. The minimum atomic E-state index is -2.96. The molecule has 1 rings (SSSR count). The number of aliphatic imine (C=N–C) groups is 1. The monoisotopic (exact) mass is 529 g/mol. The van der Waals surface area contributed by atoms with Gasteiger partial charge in [-0.05, 0) is 33.3 Å². The second kappa shape index (κ2) is 16.0. The number of nitrogens with one attached hydrogen (secondary N) is 2. The van der Waals surface area contributed by atoms with E-state index in [-0.39, 0.29) is 48.0 Å². The Balaban J connectivity index is 0.00000784. The van der Waals surface area contributed by atoms with Crippen LogP contribution in [0.3, 0.4) is 0 Å². The fourth-order valence-corrected chi connectivity index (χ4v) is 2.36. The highest BCUT2D eigenvalue weighted by atomic mass is 127. The number of alkyl halides is 2. The lowest BCUT2D eigenvalue weighted by atomic mass is 10.2. The number of para-hydroxylation sites is 1. The van der Waals surface area contributed by atoms with Gasteiger partial charge in [0.05, 0.1) is 19.8 Å². The zero-order valence-corrected chi connectivity index (χ0v) is 19.3. The number of nitrogens with zero attached hydrogens (tertiary/aromatic N) is 1. The van der Waals surface area contributed by atoms with Crippen LogP contribution in [0.5, 0.6) is 11.5 Å². The average Bonchev–Trinajstić information content (AvgIpc) is 2.65. The van der Waals surface area contributed by atoms with E-state index in [0.717, 1.165) is 0 Å². The maximum atomic E-state index is 12.8. The number of guanidine groups is 1.